The molecule has 0 aliphatic rings. The molecule has 0 aliphatic carbocycles. The Hall–Kier alpha value is -4.26. The quantitative estimate of drug-likeness (QED) is 0.368. The molecule has 0 radical (unpaired) electrons. The maximum atomic E-state index is 12.8. The van der Waals surface area contributed by atoms with E-state index in [4.69, 9.17) is 9.15 Å². The molecule has 7 heteroatoms. The third kappa shape index (κ3) is 5.15. The number of ether oxygens (including phenoxy) is 1. The number of para-hydroxylation sites is 1. The minimum absolute atomic E-state index is 0.0318. The van der Waals surface area contributed by atoms with Crippen molar-refractivity contribution in [1.82, 2.24) is 10.2 Å². The average molecular weight is 441 g/mol. The first-order chi connectivity index (χ1) is 16.0. The lowest BCUT2D eigenvalue weighted by Gasteiger charge is -2.18. The van der Waals surface area contributed by atoms with Crippen molar-refractivity contribution in [1.29, 1.82) is 0 Å². The molecule has 4 aromatic rings. The lowest BCUT2D eigenvalue weighted by Crippen LogP contribution is -2.32. The van der Waals surface area contributed by atoms with Gasteiger partial charge in [-0.25, -0.2) is 0 Å². The number of carbonyl (C=O) groups is 2. The molecule has 33 heavy (non-hydrogen) atoms. The highest BCUT2D eigenvalue weighted by Gasteiger charge is 2.22. The summed E-state index contributed by atoms with van der Waals surface area (Å²) in [5.74, 6) is 0.850. The van der Waals surface area contributed by atoms with Crippen molar-refractivity contribution in [2.24, 2.45) is 0 Å². The molecular formula is C26H23N3O4. The summed E-state index contributed by atoms with van der Waals surface area (Å²) in [4.78, 5) is 24.3. The molecule has 0 fully saturated rings. The number of anilines is 1. The second-order valence-corrected chi connectivity index (χ2v) is 7.41. The Kier molecular flexibility index (Phi) is 6.59. The topological polar surface area (TPSA) is 94.3 Å². The van der Waals surface area contributed by atoms with Gasteiger partial charge in [-0.05, 0) is 61.9 Å². The van der Waals surface area contributed by atoms with Crippen molar-refractivity contribution < 1.29 is 18.7 Å². The standard InChI is InChI=1S/C26H23N3O4/c1-3-22(24(31)27-20-15-13-18(14-16-20)17(2)30)32-23-12-8-7-11-21(23)26-29-28-25(33-26)19-9-5-4-6-10-19/h4-16,22H,3H2,1-2H3,(H,27,31)/t22-/m0/s1. The molecule has 3 aromatic carbocycles. The van der Waals surface area contributed by atoms with Gasteiger partial charge in [-0.1, -0.05) is 37.3 Å². The SMILES string of the molecule is CC[C@H](Oc1ccccc1-c1nnc(-c2ccccc2)o1)C(=O)Nc1ccc(C(C)=O)cc1. The number of rotatable bonds is 8. The summed E-state index contributed by atoms with van der Waals surface area (Å²) in [5.41, 5.74) is 2.59. The smallest absolute Gasteiger partial charge is 0.265 e. The Morgan fingerprint density at radius 1 is 0.909 bits per heavy atom. The van der Waals surface area contributed by atoms with Gasteiger partial charge in [0.05, 0.1) is 5.56 Å². The van der Waals surface area contributed by atoms with Crippen LogP contribution >= 0.6 is 0 Å². The van der Waals surface area contributed by atoms with Crippen molar-refractivity contribution >= 4 is 17.4 Å². The summed E-state index contributed by atoms with van der Waals surface area (Å²) in [6.07, 6.45) is -0.291. The normalized spacial score (nSPS) is 11.6. The van der Waals surface area contributed by atoms with Crippen LogP contribution in [0.1, 0.15) is 30.6 Å². The summed E-state index contributed by atoms with van der Waals surface area (Å²) in [7, 11) is 0. The van der Waals surface area contributed by atoms with Gasteiger partial charge in [0, 0.05) is 16.8 Å². The van der Waals surface area contributed by atoms with E-state index in [2.05, 4.69) is 15.5 Å². The van der Waals surface area contributed by atoms with Gasteiger partial charge in [0.25, 0.3) is 11.8 Å². The third-order valence-electron chi connectivity index (χ3n) is 5.05. The maximum Gasteiger partial charge on any atom is 0.265 e. The molecule has 0 bridgehead atoms. The van der Waals surface area contributed by atoms with Gasteiger partial charge in [0.2, 0.25) is 5.89 Å². The van der Waals surface area contributed by atoms with Gasteiger partial charge in [0.15, 0.2) is 11.9 Å². The molecule has 0 saturated heterocycles. The highest BCUT2D eigenvalue weighted by atomic mass is 16.5. The molecule has 1 N–H and O–H groups in total. The molecular weight excluding hydrogens is 418 g/mol. The van der Waals surface area contributed by atoms with Crippen molar-refractivity contribution in [3.8, 4) is 28.7 Å². The van der Waals surface area contributed by atoms with E-state index in [1.54, 1.807) is 30.3 Å². The van der Waals surface area contributed by atoms with Gasteiger partial charge in [-0.3, -0.25) is 9.59 Å². The first kappa shape index (κ1) is 22.0. The molecule has 0 saturated carbocycles. The largest absolute Gasteiger partial charge is 0.480 e. The molecule has 1 amide bonds. The molecule has 1 heterocycles. The zero-order chi connectivity index (χ0) is 23.2. The van der Waals surface area contributed by atoms with Crippen LogP contribution in [0.15, 0.2) is 83.3 Å². The van der Waals surface area contributed by atoms with E-state index >= 15 is 0 Å². The van der Waals surface area contributed by atoms with Crippen LogP contribution in [0.5, 0.6) is 5.75 Å². The van der Waals surface area contributed by atoms with Crippen LogP contribution < -0.4 is 10.1 Å². The summed E-state index contributed by atoms with van der Waals surface area (Å²) in [6.45, 7) is 3.37. The van der Waals surface area contributed by atoms with Gasteiger partial charge in [-0.15, -0.1) is 10.2 Å². The Balaban J connectivity index is 1.52. The molecule has 1 atom stereocenters. The van der Waals surface area contributed by atoms with Crippen LogP contribution in [0, 0.1) is 0 Å². The summed E-state index contributed by atoms with van der Waals surface area (Å²) in [5, 5.41) is 11.1. The summed E-state index contributed by atoms with van der Waals surface area (Å²) < 4.78 is 11.9. The molecule has 1 aromatic heterocycles. The van der Waals surface area contributed by atoms with E-state index in [9.17, 15) is 9.59 Å². The van der Waals surface area contributed by atoms with Crippen LogP contribution in [0.25, 0.3) is 22.9 Å². The van der Waals surface area contributed by atoms with Crippen LogP contribution in [0.3, 0.4) is 0 Å². The number of aromatic nitrogens is 2. The first-order valence-corrected chi connectivity index (χ1v) is 10.6. The monoisotopic (exact) mass is 441 g/mol. The number of hydrogen-bond donors (Lipinski definition) is 1. The number of amides is 1. The van der Waals surface area contributed by atoms with Crippen LogP contribution in [0.2, 0.25) is 0 Å². The van der Waals surface area contributed by atoms with Crippen LogP contribution in [0.4, 0.5) is 5.69 Å². The van der Waals surface area contributed by atoms with Gasteiger partial charge in [-0.2, -0.15) is 0 Å². The van der Waals surface area contributed by atoms with E-state index in [0.29, 0.717) is 40.8 Å². The highest BCUT2D eigenvalue weighted by molar-refractivity contribution is 5.97. The fourth-order valence-electron chi connectivity index (χ4n) is 3.26. The lowest BCUT2D eigenvalue weighted by molar-refractivity contribution is -0.122. The molecule has 0 spiro atoms. The number of nitrogens with one attached hydrogen (secondary N) is 1. The predicted molar refractivity (Wildman–Crippen MR) is 125 cm³/mol. The Labute approximate surface area is 191 Å². The van der Waals surface area contributed by atoms with Crippen molar-refractivity contribution in [2.45, 2.75) is 26.4 Å². The Morgan fingerprint density at radius 3 is 2.27 bits per heavy atom. The Morgan fingerprint density at radius 2 is 1.58 bits per heavy atom. The number of benzene rings is 3. The predicted octanol–water partition coefficient (Wildman–Crippen LogP) is 5.40. The van der Waals surface area contributed by atoms with E-state index in [1.807, 2.05) is 55.5 Å². The van der Waals surface area contributed by atoms with Crippen molar-refractivity contribution in [3.63, 3.8) is 0 Å². The number of hydrogen-bond acceptors (Lipinski definition) is 6. The van der Waals surface area contributed by atoms with E-state index < -0.39 is 6.10 Å². The summed E-state index contributed by atoms with van der Waals surface area (Å²) >= 11 is 0. The zero-order valence-corrected chi connectivity index (χ0v) is 18.3. The van der Waals surface area contributed by atoms with Gasteiger partial charge in [0.1, 0.15) is 5.75 Å². The Bertz CT molecular complexity index is 1250. The van der Waals surface area contributed by atoms with Crippen molar-refractivity contribution in [2.75, 3.05) is 5.32 Å². The fraction of sp³-hybridized carbons (Fsp3) is 0.154. The zero-order valence-electron chi connectivity index (χ0n) is 18.3. The summed E-state index contributed by atoms with van der Waals surface area (Å²) in [6, 6.07) is 23.5. The molecule has 0 aliphatic heterocycles. The van der Waals surface area contributed by atoms with Crippen LogP contribution in [-0.2, 0) is 4.79 Å². The molecule has 0 unspecified atom stereocenters. The number of carbonyl (C=O) groups excluding carboxylic acids is 2. The van der Waals surface area contributed by atoms with Gasteiger partial charge >= 0.3 is 0 Å². The fourth-order valence-corrected chi connectivity index (χ4v) is 3.26. The van der Waals surface area contributed by atoms with Crippen molar-refractivity contribution in [3.05, 3.63) is 84.4 Å². The third-order valence-corrected chi connectivity index (χ3v) is 5.05. The first-order valence-electron chi connectivity index (χ1n) is 10.6. The van der Waals surface area contributed by atoms with E-state index in [0.717, 1.165) is 5.56 Å². The number of ketones is 1. The average Bonchev–Trinajstić information content (AvgIpc) is 3.34. The van der Waals surface area contributed by atoms with Crippen LogP contribution in [-0.4, -0.2) is 28.0 Å². The second kappa shape index (κ2) is 9.91. The molecule has 166 valence electrons. The number of nitrogens with zero attached hydrogens (tertiary/aromatic N) is 2. The number of Topliss-reactive ketones (excluding diaryl/α,β-unsaturated/α-hetero) is 1. The molecule has 4 rings (SSSR count). The minimum Gasteiger partial charge on any atom is -0.480 e. The maximum absolute atomic E-state index is 12.8. The van der Waals surface area contributed by atoms with E-state index in [-0.39, 0.29) is 11.7 Å². The lowest BCUT2D eigenvalue weighted by atomic mass is 10.1. The second-order valence-electron chi connectivity index (χ2n) is 7.41. The van der Waals surface area contributed by atoms with E-state index in [1.165, 1.54) is 6.92 Å². The highest BCUT2D eigenvalue weighted by Crippen LogP contribution is 2.32. The minimum atomic E-state index is -0.741. The van der Waals surface area contributed by atoms with Gasteiger partial charge < -0.3 is 14.5 Å². The molecule has 7 nitrogen and oxygen atoms in total.